The van der Waals surface area contributed by atoms with Gasteiger partial charge in [-0.2, -0.15) is 0 Å². The first-order valence-corrected chi connectivity index (χ1v) is 10.4. The number of carbonyl (C=O) groups is 2. The van der Waals surface area contributed by atoms with E-state index in [0.29, 0.717) is 24.6 Å². The van der Waals surface area contributed by atoms with Crippen LogP contribution in [-0.4, -0.2) is 79.6 Å². The van der Waals surface area contributed by atoms with Crippen molar-refractivity contribution in [2.24, 2.45) is 0 Å². The zero-order chi connectivity index (χ0) is 20.5. The van der Waals surface area contributed by atoms with E-state index in [0.717, 1.165) is 44.1 Å². The Morgan fingerprint density at radius 2 is 1.79 bits per heavy atom. The Morgan fingerprint density at radius 1 is 1.10 bits per heavy atom. The topological polar surface area (TPSA) is 65.1 Å². The lowest BCUT2D eigenvalue weighted by Gasteiger charge is -2.31. The Bertz CT molecular complexity index is 812. The largest absolute Gasteiger partial charge is 0.379 e. The van der Waals surface area contributed by atoms with Gasteiger partial charge in [-0.25, -0.2) is 4.79 Å². The quantitative estimate of drug-likeness (QED) is 0.823. The Labute approximate surface area is 172 Å². The molecule has 3 aliphatic heterocycles. The van der Waals surface area contributed by atoms with E-state index in [1.54, 1.807) is 11.9 Å². The molecule has 0 aromatic heterocycles. The van der Waals surface area contributed by atoms with Crippen molar-refractivity contribution in [2.45, 2.75) is 25.8 Å². The van der Waals surface area contributed by atoms with E-state index in [1.807, 2.05) is 17.0 Å². The Kier molecular flexibility index (Phi) is 5.61. The predicted molar refractivity (Wildman–Crippen MR) is 110 cm³/mol. The van der Waals surface area contributed by atoms with Crippen LogP contribution >= 0.6 is 0 Å². The van der Waals surface area contributed by atoms with Crippen molar-refractivity contribution >= 4 is 11.9 Å². The highest BCUT2D eigenvalue weighted by molar-refractivity contribution is 6.01. The van der Waals surface area contributed by atoms with E-state index in [4.69, 9.17) is 4.74 Å². The number of likely N-dealkylation sites (N-methyl/N-ethyl adjacent to an activating group) is 1. The van der Waals surface area contributed by atoms with Gasteiger partial charge in [0.2, 0.25) is 0 Å². The fourth-order valence-corrected chi connectivity index (χ4v) is 4.21. The zero-order valence-corrected chi connectivity index (χ0v) is 17.5. The van der Waals surface area contributed by atoms with Gasteiger partial charge in [0.1, 0.15) is 0 Å². The van der Waals surface area contributed by atoms with Gasteiger partial charge in [-0.3, -0.25) is 14.6 Å². The number of amides is 3. The molecule has 0 bridgehead atoms. The molecule has 29 heavy (non-hydrogen) atoms. The first-order chi connectivity index (χ1) is 14.0. The van der Waals surface area contributed by atoms with E-state index in [2.05, 4.69) is 36.2 Å². The molecular formula is C22H30N4O3. The van der Waals surface area contributed by atoms with Crippen molar-refractivity contribution < 1.29 is 14.3 Å². The van der Waals surface area contributed by atoms with Crippen LogP contribution in [0.3, 0.4) is 0 Å². The minimum Gasteiger partial charge on any atom is -0.379 e. The number of benzene rings is 1. The number of carbonyl (C=O) groups excluding carboxylic acids is 2. The van der Waals surface area contributed by atoms with Crippen molar-refractivity contribution in [3.8, 4) is 0 Å². The average Bonchev–Trinajstić information content (AvgIpc) is 3.07. The van der Waals surface area contributed by atoms with Crippen LogP contribution in [0.5, 0.6) is 0 Å². The van der Waals surface area contributed by atoms with Gasteiger partial charge in [0.05, 0.1) is 37.1 Å². The third kappa shape index (κ3) is 3.89. The number of nitrogens with zero attached hydrogens (tertiary/aromatic N) is 3. The van der Waals surface area contributed by atoms with Crippen LogP contribution in [0.25, 0.3) is 0 Å². The molecule has 0 spiro atoms. The monoisotopic (exact) mass is 398 g/mol. The summed E-state index contributed by atoms with van der Waals surface area (Å²) in [6.45, 7) is 9.58. The summed E-state index contributed by atoms with van der Waals surface area (Å²) < 4.78 is 5.40. The van der Waals surface area contributed by atoms with Gasteiger partial charge in [-0.1, -0.05) is 38.1 Å². The molecule has 156 valence electrons. The van der Waals surface area contributed by atoms with Gasteiger partial charge in [0, 0.05) is 33.2 Å². The number of urea groups is 1. The summed E-state index contributed by atoms with van der Waals surface area (Å²) in [5.74, 6) is 0.466. The summed E-state index contributed by atoms with van der Waals surface area (Å²) in [5.41, 5.74) is 3.71. The van der Waals surface area contributed by atoms with Crippen molar-refractivity contribution in [1.82, 2.24) is 20.0 Å². The van der Waals surface area contributed by atoms with E-state index in [9.17, 15) is 9.59 Å². The third-order valence-corrected chi connectivity index (χ3v) is 6.16. The number of nitrogens with one attached hydrogen (secondary N) is 1. The van der Waals surface area contributed by atoms with Crippen LogP contribution in [0, 0.1) is 0 Å². The normalized spacial score (nSPS) is 23.1. The molecule has 1 unspecified atom stereocenters. The molecule has 3 aliphatic rings. The number of rotatable bonds is 5. The second-order valence-corrected chi connectivity index (χ2v) is 8.30. The first kappa shape index (κ1) is 19.9. The molecule has 7 nitrogen and oxygen atoms in total. The van der Waals surface area contributed by atoms with Crippen molar-refractivity contribution in [3.05, 3.63) is 46.7 Å². The van der Waals surface area contributed by atoms with Crippen molar-refractivity contribution in [3.63, 3.8) is 0 Å². The molecule has 3 heterocycles. The lowest BCUT2D eigenvalue weighted by Crippen LogP contribution is -2.45. The maximum Gasteiger partial charge on any atom is 0.322 e. The number of morpholine rings is 1. The third-order valence-electron chi connectivity index (χ3n) is 6.16. The van der Waals surface area contributed by atoms with Crippen LogP contribution in [0.2, 0.25) is 0 Å². The maximum atomic E-state index is 13.3. The van der Waals surface area contributed by atoms with Crippen LogP contribution < -0.4 is 5.32 Å². The van der Waals surface area contributed by atoms with Gasteiger partial charge >= 0.3 is 6.03 Å². The van der Waals surface area contributed by atoms with E-state index >= 15 is 0 Å². The molecule has 1 aromatic rings. The highest BCUT2D eigenvalue weighted by Crippen LogP contribution is 2.35. The molecule has 4 rings (SSSR count). The molecule has 0 radical (unpaired) electrons. The first-order valence-electron chi connectivity index (χ1n) is 10.4. The Balaban J connectivity index is 1.53. The summed E-state index contributed by atoms with van der Waals surface area (Å²) in [5, 5.41) is 3.01. The summed E-state index contributed by atoms with van der Waals surface area (Å²) in [6, 6.07) is 7.67. The predicted octanol–water partition coefficient (Wildman–Crippen LogP) is 1.93. The minimum absolute atomic E-state index is 0.0260. The second-order valence-electron chi connectivity index (χ2n) is 8.30. The second kappa shape index (κ2) is 8.16. The molecule has 0 aliphatic carbocycles. The molecule has 1 saturated heterocycles. The number of ether oxygens (including phenoxy) is 1. The summed E-state index contributed by atoms with van der Waals surface area (Å²) >= 11 is 0. The fourth-order valence-electron chi connectivity index (χ4n) is 4.21. The fraction of sp³-hybridized carbons (Fsp3) is 0.545. The molecule has 1 aromatic carbocycles. The standard InChI is InChI=1S/C22H30N4O3/c1-15(2)16-4-6-17(7-5-16)20-19-18(24(3)22(28)23-20)14-26(21(19)27)9-8-25-10-12-29-13-11-25/h4-7,15,20H,8-14H2,1-3H3,(H,23,28). The highest BCUT2D eigenvalue weighted by atomic mass is 16.5. The van der Waals surface area contributed by atoms with Gasteiger partial charge < -0.3 is 15.0 Å². The summed E-state index contributed by atoms with van der Waals surface area (Å²) in [4.78, 5) is 31.6. The van der Waals surface area contributed by atoms with Crippen LogP contribution in [-0.2, 0) is 9.53 Å². The lowest BCUT2D eigenvalue weighted by atomic mass is 9.93. The molecule has 7 heteroatoms. The summed E-state index contributed by atoms with van der Waals surface area (Å²) in [7, 11) is 1.74. The van der Waals surface area contributed by atoms with E-state index in [1.165, 1.54) is 5.56 Å². The van der Waals surface area contributed by atoms with Crippen molar-refractivity contribution in [1.29, 1.82) is 0 Å². The highest BCUT2D eigenvalue weighted by Gasteiger charge is 2.42. The minimum atomic E-state index is -0.393. The van der Waals surface area contributed by atoms with Crippen LogP contribution in [0.4, 0.5) is 4.79 Å². The van der Waals surface area contributed by atoms with E-state index < -0.39 is 6.04 Å². The zero-order valence-electron chi connectivity index (χ0n) is 17.5. The van der Waals surface area contributed by atoms with Gasteiger partial charge in [0.15, 0.2) is 0 Å². The molecule has 1 fully saturated rings. The van der Waals surface area contributed by atoms with Crippen LogP contribution in [0.1, 0.15) is 36.9 Å². The Hall–Kier alpha value is -2.38. The van der Waals surface area contributed by atoms with Crippen LogP contribution in [0.15, 0.2) is 35.5 Å². The lowest BCUT2D eigenvalue weighted by molar-refractivity contribution is -0.126. The SMILES string of the molecule is CC(C)c1ccc(C2NC(=O)N(C)C3=C2C(=O)N(CCN2CCOCC2)C3)cc1. The average molecular weight is 399 g/mol. The molecule has 1 atom stereocenters. The molecule has 0 saturated carbocycles. The Morgan fingerprint density at radius 3 is 2.45 bits per heavy atom. The van der Waals surface area contributed by atoms with Gasteiger partial charge in [-0.05, 0) is 17.0 Å². The summed E-state index contributed by atoms with van der Waals surface area (Å²) in [6.07, 6.45) is 0. The van der Waals surface area contributed by atoms with Gasteiger partial charge in [0.25, 0.3) is 5.91 Å². The maximum absolute atomic E-state index is 13.3. The molecule has 1 N–H and O–H groups in total. The smallest absolute Gasteiger partial charge is 0.322 e. The number of hydrogen-bond acceptors (Lipinski definition) is 4. The van der Waals surface area contributed by atoms with Crippen molar-refractivity contribution in [2.75, 3.05) is 53.0 Å². The van der Waals surface area contributed by atoms with E-state index in [-0.39, 0.29) is 11.9 Å². The number of hydrogen-bond donors (Lipinski definition) is 1. The molecule has 3 amide bonds. The van der Waals surface area contributed by atoms with Gasteiger partial charge in [-0.15, -0.1) is 0 Å². The molecular weight excluding hydrogens is 368 g/mol.